The van der Waals surface area contributed by atoms with Crippen molar-refractivity contribution < 1.29 is 40.5 Å². The van der Waals surface area contributed by atoms with E-state index in [4.69, 9.17) is 0 Å². The minimum Gasteiger partial charge on any atom is -0.390 e. The first kappa shape index (κ1) is 25.6. The van der Waals surface area contributed by atoms with E-state index in [0.717, 1.165) is 6.42 Å². The van der Waals surface area contributed by atoms with E-state index in [-0.39, 0.29) is 38.0 Å². The number of ketones is 1. The average molecular weight is 510 g/mol. The SMILES string of the molecule is C[C@H]1CC[C@@H]2N(C1)C[C@@H]1[C@@](O)([C@H](O)C[C@]3(O)[C@@H]4CC[C@@H]5C(=O)[C@H](O)CC[C@]5(C)[C@]4(O)C[C@]13O)[C@]2(C)O. The predicted molar refractivity (Wildman–Crippen MR) is 127 cm³/mol. The van der Waals surface area contributed by atoms with Gasteiger partial charge in [-0.3, -0.25) is 9.69 Å². The molecule has 0 bridgehead atoms. The zero-order valence-corrected chi connectivity index (χ0v) is 21.6. The van der Waals surface area contributed by atoms with Gasteiger partial charge >= 0.3 is 0 Å². The molecule has 6 aliphatic rings. The molecule has 36 heavy (non-hydrogen) atoms. The second-order valence-electron chi connectivity index (χ2n) is 13.9. The second-order valence-corrected chi connectivity index (χ2v) is 13.9. The van der Waals surface area contributed by atoms with Gasteiger partial charge in [-0.05, 0) is 51.4 Å². The largest absolute Gasteiger partial charge is 0.390 e. The Kier molecular flexibility index (Phi) is 5.19. The Balaban J connectivity index is 1.47. The van der Waals surface area contributed by atoms with Gasteiger partial charge in [0.1, 0.15) is 28.5 Å². The molecule has 6 fully saturated rings. The third-order valence-electron chi connectivity index (χ3n) is 12.5. The second kappa shape index (κ2) is 7.30. The van der Waals surface area contributed by atoms with Crippen LogP contribution < -0.4 is 0 Å². The summed E-state index contributed by atoms with van der Waals surface area (Å²) in [6, 6.07) is -0.398. The number of nitrogens with zero attached hydrogens (tertiary/aromatic N) is 1. The predicted octanol–water partition coefficient (Wildman–Crippen LogP) is -0.683. The van der Waals surface area contributed by atoms with E-state index in [2.05, 4.69) is 11.8 Å². The summed E-state index contributed by atoms with van der Waals surface area (Å²) in [5.74, 6) is -2.47. The van der Waals surface area contributed by atoms with Crippen molar-refractivity contribution in [1.82, 2.24) is 4.90 Å². The Labute approximate surface area is 212 Å². The smallest absolute Gasteiger partial charge is 0.164 e. The van der Waals surface area contributed by atoms with Crippen LogP contribution in [0.5, 0.6) is 0 Å². The van der Waals surface area contributed by atoms with E-state index >= 15 is 0 Å². The van der Waals surface area contributed by atoms with Crippen molar-refractivity contribution >= 4 is 5.78 Å². The van der Waals surface area contributed by atoms with Crippen LogP contribution in [0, 0.1) is 29.1 Å². The number of hydrogen-bond donors (Lipinski definition) is 7. The highest BCUT2D eigenvalue weighted by atomic mass is 16.4. The topological polar surface area (TPSA) is 162 Å². The summed E-state index contributed by atoms with van der Waals surface area (Å²) < 4.78 is 0. The van der Waals surface area contributed by atoms with Crippen LogP contribution in [0.2, 0.25) is 0 Å². The van der Waals surface area contributed by atoms with Gasteiger partial charge in [0.2, 0.25) is 0 Å². The van der Waals surface area contributed by atoms with Crippen molar-refractivity contribution in [3.63, 3.8) is 0 Å². The van der Waals surface area contributed by atoms with E-state index in [0.29, 0.717) is 31.7 Å². The summed E-state index contributed by atoms with van der Waals surface area (Å²) >= 11 is 0. The number of aliphatic hydroxyl groups is 7. The lowest BCUT2D eigenvalue weighted by molar-refractivity contribution is -0.354. The molecule has 2 aliphatic heterocycles. The highest BCUT2D eigenvalue weighted by Gasteiger charge is 2.84. The van der Waals surface area contributed by atoms with Crippen molar-refractivity contribution in [3.05, 3.63) is 0 Å². The number of piperidine rings is 2. The standard InChI is InChI=1S/C27H43NO8/c1-14-4-7-19-23(3,32)27(36)18(12-28(19)11-14)26(35)13-25(34)17(24(26,33)10-20(27)30)6-5-15-21(31)16(29)8-9-22(15,25)2/h14-20,29-30,32-36H,4-13H2,1-3H3/t14-,15+,16+,17-,18-,19-,20+,22-,23+,24-,25-,26-,27+/m0/s1. The molecule has 0 unspecified atom stereocenters. The zero-order chi connectivity index (χ0) is 26.3. The molecule has 4 aliphatic carbocycles. The molecular weight excluding hydrogens is 466 g/mol. The van der Waals surface area contributed by atoms with Crippen LogP contribution >= 0.6 is 0 Å². The van der Waals surface area contributed by atoms with Gasteiger partial charge in [0, 0.05) is 55.1 Å². The molecule has 9 nitrogen and oxygen atoms in total. The molecular formula is C27H43NO8. The quantitative estimate of drug-likeness (QED) is 0.224. The average Bonchev–Trinajstić information content (AvgIpc) is 2.97. The van der Waals surface area contributed by atoms with Crippen molar-refractivity contribution in [2.75, 3.05) is 13.1 Å². The van der Waals surface area contributed by atoms with Crippen LogP contribution in [-0.2, 0) is 4.79 Å². The fourth-order valence-corrected chi connectivity index (χ4v) is 10.4. The first-order valence-electron chi connectivity index (χ1n) is 13.8. The number of hydrogen-bond acceptors (Lipinski definition) is 9. The molecule has 0 radical (unpaired) electrons. The van der Waals surface area contributed by atoms with Gasteiger partial charge in [0.15, 0.2) is 5.78 Å². The van der Waals surface area contributed by atoms with E-state index in [1.54, 1.807) is 0 Å². The monoisotopic (exact) mass is 509 g/mol. The third kappa shape index (κ3) is 2.62. The summed E-state index contributed by atoms with van der Waals surface area (Å²) in [5.41, 5.74) is -10.4. The molecule has 0 aromatic heterocycles. The summed E-state index contributed by atoms with van der Waals surface area (Å²) in [6.45, 7) is 6.31. The van der Waals surface area contributed by atoms with Crippen LogP contribution in [0.3, 0.4) is 0 Å². The Hall–Kier alpha value is -0.650. The molecule has 0 aromatic rings. The molecule has 6 rings (SSSR count). The first-order valence-corrected chi connectivity index (χ1v) is 13.8. The molecule has 2 saturated heterocycles. The van der Waals surface area contributed by atoms with Crippen LogP contribution in [0.25, 0.3) is 0 Å². The molecule has 4 saturated carbocycles. The van der Waals surface area contributed by atoms with Crippen molar-refractivity contribution in [1.29, 1.82) is 0 Å². The van der Waals surface area contributed by atoms with E-state index in [1.807, 2.05) is 6.92 Å². The van der Waals surface area contributed by atoms with E-state index in [9.17, 15) is 40.5 Å². The maximum Gasteiger partial charge on any atom is 0.164 e. The number of fused-ring (bicyclic) bond motifs is 8. The maximum atomic E-state index is 13.0. The molecule has 2 heterocycles. The molecule has 0 spiro atoms. The van der Waals surface area contributed by atoms with E-state index in [1.165, 1.54) is 6.92 Å². The Bertz CT molecular complexity index is 975. The lowest BCUT2D eigenvalue weighted by Crippen LogP contribution is -2.85. The molecule has 0 amide bonds. The Morgan fingerprint density at radius 1 is 0.833 bits per heavy atom. The van der Waals surface area contributed by atoms with Gasteiger partial charge in [-0.15, -0.1) is 0 Å². The van der Waals surface area contributed by atoms with Crippen LogP contribution in [0.4, 0.5) is 0 Å². The van der Waals surface area contributed by atoms with Gasteiger partial charge in [0.25, 0.3) is 0 Å². The highest BCUT2D eigenvalue weighted by molar-refractivity contribution is 5.87. The molecule has 9 heteroatoms. The Morgan fingerprint density at radius 2 is 1.53 bits per heavy atom. The summed E-state index contributed by atoms with van der Waals surface area (Å²) in [7, 11) is 0. The van der Waals surface area contributed by atoms with Gasteiger partial charge in [-0.25, -0.2) is 0 Å². The minimum absolute atomic E-state index is 0.179. The summed E-state index contributed by atoms with van der Waals surface area (Å²) in [6.07, 6.45) is -0.498. The van der Waals surface area contributed by atoms with Crippen LogP contribution in [0.15, 0.2) is 0 Å². The fraction of sp³-hybridized carbons (Fsp3) is 0.963. The van der Waals surface area contributed by atoms with Gasteiger partial charge in [-0.2, -0.15) is 0 Å². The number of carbonyl (C=O) groups excluding carboxylic acids is 1. The van der Waals surface area contributed by atoms with Crippen molar-refractivity contribution in [2.45, 2.75) is 118 Å². The maximum absolute atomic E-state index is 13.0. The molecule has 204 valence electrons. The lowest BCUT2D eigenvalue weighted by atomic mass is 9.48. The highest BCUT2D eigenvalue weighted by Crippen LogP contribution is 2.71. The number of aliphatic hydroxyl groups excluding tert-OH is 2. The Morgan fingerprint density at radius 3 is 2.22 bits per heavy atom. The summed E-state index contributed by atoms with van der Waals surface area (Å²) in [5, 5.41) is 82.9. The van der Waals surface area contributed by atoms with E-state index < -0.39 is 69.4 Å². The summed E-state index contributed by atoms with van der Waals surface area (Å²) in [4.78, 5) is 15.0. The molecule has 7 N–H and O–H groups in total. The zero-order valence-electron chi connectivity index (χ0n) is 21.6. The van der Waals surface area contributed by atoms with Crippen molar-refractivity contribution in [2.24, 2.45) is 29.1 Å². The normalized spacial score (nSPS) is 63.1. The van der Waals surface area contributed by atoms with Gasteiger partial charge < -0.3 is 35.7 Å². The molecule has 13 atom stereocenters. The lowest BCUT2D eigenvalue weighted by Gasteiger charge is -2.68. The molecule has 0 aromatic carbocycles. The number of carbonyl (C=O) groups is 1. The number of Topliss-reactive ketones (excluding diaryl/α,β-unsaturated/α-hetero) is 1. The number of rotatable bonds is 0. The van der Waals surface area contributed by atoms with Crippen molar-refractivity contribution in [3.8, 4) is 0 Å². The minimum atomic E-state index is -2.08. The van der Waals surface area contributed by atoms with Crippen LogP contribution in [0.1, 0.15) is 72.1 Å². The fourth-order valence-electron chi connectivity index (χ4n) is 10.4. The van der Waals surface area contributed by atoms with Gasteiger partial charge in [-0.1, -0.05) is 13.8 Å². The third-order valence-corrected chi connectivity index (χ3v) is 12.5. The van der Waals surface area contributed by atoms with Gasteiger partial charge in [0.05, 0.1) is 11.7 Å². The van der Waals surface area contributed by atoms with Crippen LogP contribution in [-0.4, -0.2) is 106 Å². The first-order chi connectivity index (χ1) is 16.6.